The second-order valence-electron chi connectivity index (χ2n) is 6.13. The molecule has 0 spiro atoms. The molecular weight excluding hydrogens is 348 g/mol. The number of halogens is 2. The molecule has 2 aromatic rings. The number of carbonyl (C=O) groups excluding carboxylic acids is 1. The van der Waals surface area contributed by atoms with Crippen molar-refractivity contribution in [2.45, 2.75) is 39.0 Å². The number of nitrogens with zero attached hydrogens (tertiary/aromatic N) is 2. The highest BCUT2D eigenvalue weighted by atomic mass is 32.1. The lowest BCUT2D eigenvalue weighted by Gasteiger charge is -2.25. The predicted molar refractivity (Wildman–Crippen MR) is 90.3 cm³/mol. The lowest BCUT2D eigenvalue weighted by atomic mass is 10.0. The lowest BCUT2D eigenvalue weighted by Crippen LogP contribution is -2.40. The maximum atomic E-state index is 14.1. The van der Waals surface area contributed by atoms with Crippen molar-refractivity contribution in [2.75, 3.05) is 6.54 Å². The summed E-state index contributed by atoms with van der Waals surface area (Å²) in [6, 6.07) is 2.00. The molecule has 2 amide bonds. The average molecular weight is 367 g/mol. The van der Waals surface area contributed by atoms with Crippen LogP contribution in [0.4, 0.5) is 13.6 Å². The molecule has 25 heavy (non-hydrogen) atoms. The number of hydrogen-bond donors (Lipinski definition) is 2. The summed E-state index contributed by atoms with van der Waals surface area (Å²) in [6.07, 6.45) is -0.605. The number of aliphatic hydroxyl groups excluding tert-OH is 1. The van der Waals surface area contributed by atoms with Gasteiger partial charge in [-0.1, -0.05) is 0 Å². The van der Waals surface area contributed by atoms with Gasteiger partial charge in [0.05, 0.1) is 24.4 Å². The van der Waals surface area contributed by atoms with Gasteiger partial charge >= 0.3 is 6.03 Å². The highest BCUT2D eigenvalue weighted by Crippen LogP contribution is 2.34. The molecule has 2 N–H and O–H groups in total. The summed E-state index contributed by atoms with van der Waals surface area (Å²) in [6.45, 7) is 4.18. The van der Waals surface area contributed by atoms with Crippen LogP contribution in [0.15, 0.2) is 18.2 Å². The standard InChI is InChI=1S/C17H19F2N3O2S/c1-9-10(2)25-16(21-9)7-20-17(24)22-8-12(23)6-15(22)13-5-11(18)3-4-14(13)19/h3-5,12,15,23H,6-8H2,1-2H3,(H,20,24)/t12-,15+/m1/s1. The SMILES string of the molecule is Cc1nc(CNC(=O)N2C[C@H](O)C[C@H]2c2cc(F)ccc2F)sc1C. The first-order valence-corrected chi connectivity index (χ1v) is 8.77. The molecule has 134 valence electrons. The second-order valence-corrected chi connectivity index (χ2v) is 7.42. The molecule has 1 aliphatic rings. The zero-order chi connectivity index (χ0) is 18.1. The molecule has 5 nitrogen and oxygen atoms in total. The van der Waals surface area contributed by atoms with Gasteiger partial charge in [0.1, 0.15) is 16.6 Å². The topological polar surface area (TPSA) is 65.5 Å². The van der Waals surface area contributed by atoms with Gasteiger partial charge in [-0.05, 0) is 38.5 Å². The smallest absolute Gasteiger partial charge is 0.318 e. The molecule has 0 bridgehead atoms. The minimum Gasteiger partial charge on any atom is -0.391 e. The van der Waals surface area contributed by atoms with Gasteiger partial charge in [0.2, 0.25) is 0 Å². The number of urea groups is 1. The first-order chi connectivity index (χ1) is 11.8. The Morgan fingerprint density at radius 2 is 2.20 bits per heavy atom. The second kappa shape index (κ2) is 7.05. The van der Waals surface area contributed by atoms with Crippen molar-refractivity contribution in [1.82, 2.24) is 15.2 Å². The molecule has 0 unspecified atom stereocenters. The van der Waals surface area contributed by atoms with Crippen LogP contribution in [0.2, 0.25) is 0 Å². The van der Waals surface area contributed by atoms with E-state index in [1.807, 2.05) is 13.8 Å². The van der Waals surface area contributed by atoms with E-state index < -0.39 is 29.8 Å². The Hall–Kier alpha value is -2.06. The highest BCUT2D eigenvalue weighted by molar-refractivity contribution is 7.11. The van der Waals surface area contributed by atoms with Crippen LogP contribution in [-0.4, -0.2) is 33.7 Å². The number of nitrogens with one attached hydrogen (secondary N) is 1. The number of thiazole rings is 1. The minimum atomic E-state index is -0.775. The summed E-state index contributed by atoms with van der Waals surface area (Å²) in [7, 11) is 0. The van der Waals surface area contributed by atoms with Crippen molar-refractivity contribution in [3.8, 4) is 0 Å². The van der Waals surface area contributed by atoms with Crippen LogP contribution in [0, 0.1) is 25.5 Å². The fourth-order valence-electron chi connectivity index (χ4n) is 2.97. The van der Waals surface area contributed by atoms with Crippen LogP contribution in [0.3, 0.4) is 0 Å². The fraction of sp³-hybridized carbons (Fsp3) is 0.412. The van der Waals surface area contributed by atoms with Gasteiger partial charge in [0, 0.05) is 17.0 Å². The largest absolute Gasteiger partial charge is 0.391 e. The summed E-state index contributed by atoms with van der Waals surface area (Å²) in [5.74, 6) is -1.17. The van der Waals surface area contributed by atoms with Gasteiger partial charge in [0.15, 0.2) is 0 Å². The Kier molecular flexibility index (Phi) is 5.01. The third-order valence-electron chi connectivity index (χ3n) is 4.32. The van der Waals surface area contributed by atoms with Crippen LogP contribution in [-0.2, 0) is 6.54 Å². The molecule has 1 aromatic carbocycles. The molecule has 1 aliphatic heterocycles. The number of likely N-dealkylation sites (tertiary alicyclic amines) is 1. The third kappa shape index (κ3) is 3.80. The molecule has 3 rings (SSSR count). The van der Waals surface area contributed by atoms with E-state index in [1.165, 1.54) is 16.2 Å². The Morgan fingerprint density at radius 3 is 2.88 bits per heavy atom. The molecule has 2 heterocycles. The van der Waals surface area contributed by atoms with Gasteiger partial charge in [-0.3, -0.25) is 0 Å². The number of amides is 2. The number of aromatic nitrogens is 1. The summed E-state index contributed by atoms with van der Waals surface area (Å²) < 4.78 is 27.5. The maximum absolute atomic E-state index is 14.1. The van der Waals surface area contributed by atoms with Crippen LogP contribution < -0.4 is 5.32 Å². The molecule has 1 aromatic heterocycles. The van der Waals surface area contributed by atoms with Gasteiger partial charge in [0.25, 0.3) is 0 Å². The Bertz CT molecular complexity index is 777. The summed E-state index contributed by atoms with van der Waals surface area (Å²) in [5, 5.41) is 13.4. The Morgan fingerprint density at radius 1 is 1.44 bits per heavy atom. The molecule has 8 heteroatoms. The van der Waals surface area contributed by atoms with Crippen molar-refractivity contribution >= 4 is 17.4 Å². The predicted octanol–water partition coefficient (Wildman–Crippen LogP) is 3.06. The van der Waals surface area contributed by atoms with Crippen molar-refractivity contribution in [3.63, 3.8) is 0 Å². The van der Waals surface area contributed by atoms with E-state index in [9.17, 15) is 18.7 Å². The summed E-state index contributed by atoms with van der Waals surface area (Å²) >= 11 is 1.50. The number of aryl methyl sites for hydroxylation is 2. The first kappa shape index (κ1) is 17.8. The van der Waals surface area contributed by atoms with E-state index >= 15 is 0 Å². The van der Waals surface area contributed by atoms with Gasteiger partial charge in [-0.2, -0.15) is 0 Å². The van der Waals surface area contributed by atoms with Crippen LogP contribution in [0.1, 0.15) is 33.6 Å². The molecule has 1 fully saturated rings. The van der Waals surface area contributed by atoms with E-state index in [2.05, 4.69) is 10.3 Å². The van der Waals surface area contributed by atoms with E-state index in [1.54, 1.807) is 0 Å². The summed E-state index contributed by atoms with van der Waals surface area (Å²) in [4.78, 5) is 19.3. The summed E-state index contributed by atoms with van der Waals surface area (Å²) in [5.41, 5.74) is 0.998. The molecule has 0 radical (unpaired) electrons. The van der Waals surface area contributed by atoms with Crippen molar-refractivity contribution in [1.29, 1.82) is 0 Å². The zero-order valence-electron chi connectivity index (χ0n) is 13.9. The first-order valence-electron chi connectivity index (χ1n) is 7.95. The van der Waals surface area contributed by atoms with E-state index in [4.69, 9.17) is 0 Å². The van der Waals surface area contributed by atoms with Crippen molar-refractivity contribution in [2.24, 2.45) is 0 Å². The Balaban J connectivity index is 1.74. The van der Waals surface area contributed by atoms with Crippen LogP contribution in [0.5, 0.6) is 0 Å². The average Bonchev–Trinajstić information content (AvgIpc) is 3.10. The molecule has 1 saturated heterocycles. The lowest BCUT2D eigenvalue weighted by molar-refractivity contribution is 0.169. The highest BCUT2D eigenvalue weighted by Gasteiger charge is 2.36. The number of hydrogen-bond acceptors (Lipinski definition) is 4. The van der Waals surface area contributed by atoms with E-state index in [0.29, 0.717) is 0 Å². The third-order valence-corrected chi connectivity index (χ3v) is 5.39. The maximum Gasteiger partial charge on any atom is 0.318 e. The van der Waals surface area contributed by atoms with Gasteiger partial charge in [-0.15, -0.1) is 11.3 Å². The van der Waals surface area contributed by atoms with Gasteiger partial charge in [-0.25, -0.2) is 18.6 Å². The monoisotopic (exact) mass is 367 g/mol. The number of rotatable bonds is 3. The number of carbonyl (C=O) groups is 1. The normalized spacial score (nSPS) is 20.1. The van der Waals surface area contributed by atoms with Crippen molar-refractivity contribution in [3.05, 3.63) is 51.0 Å². The van der Waals surface area contributed by atoms with Crippen molar-refractivity contribution < 1.29 is 18.7 Å². The number of aliphatic hydroxyl groups is 1. The molecule has 2 atom stereocenters. The zero-order valence-corrected chi connectivity index (χ0v) is 14.7. The fourth-order valence-corrected chi connectivity index (χ4v) is 3.84. The quantitative estimate of drug-likeness (QED) is 0.876. The van der Waals surface area contributed by atoms with Crippen LogP contribution >= 0.6 is 11.3 Å². The molecule has 0 aliphatic carbocycles. The molecular formula is C17H19F2N3O2S. The molecule has 0 saturated carbocycles. The number of benzene rings is 1. The van der Waals surface area contributed by atoms with E-state index in [0.717, 1.165) is 33.8 Å². The van der Waals surface area contributed by atoms with Gasteiger partial charge < -0.3 is 15.3 Å². The van der Waals surface area contributed by atoms with Crippen LogP contribution in [0.25, 0.3) is 0 Å². The number of β-amino-alcohol motifs (C(OH)–C–C–N with tert-alkyl or cyclic N) is 1. The Labute approximate surface area is 148 Å². The van der Waals surface area contributed by atoms with E-state index in [-0.39, 0.29) is 25.1 Å². The minimum absolute atomic E-state index is 0.0718.